The molecule has 0 spiro atoms. The van der Waals surface area contributed by atoms with E-state index in [1.165, 1.54) is 0 Å². The number of nitrogens with one attached hydrogen (secondary N) is 1. The molecule has 5 aliphatic heterocycles. The van der Waals surface area contributed by atoms with Gasteiger partial charge in [-0.15, -0.1) is 0 Å². The van der Waals surface area contributed by atoms with Crippen LogP contribution in [-0.4, -0.2) is 97.8 Å². The average Bonchev–Trinajstić information content (AvgIpc) is 3.61. The lowest BCUT2D eigenvalue weighted by Crippen LogP contribution is -2.62. The van der Waals surface area contributed by atoms with Crippen molar-refractivity contribution in [3.63, 3.8) is 0 Å². The molecule has 43 heavy (non-hydrogen) atoms. The van der Waals surface area contributed by atoms with Crippen molar-refractivity contribution in [1.29, 1.82) is 0 Å². The first-order chi connectivity index (χ1) is 20.3. The van der Waals surface area contributed by atoms with Gasteiger partial charge >= 0.3 is 5.97 Å². The van der Waals surface area contributed by atoms with Gasteiger partial charge in [0, 0.05) is 12.6 Å². The van der Waals surface area contributed by atoms with Gasteiger partial charge in [0.05, 0.1) is 19.6 Å². The fraction of sp³-hybridized carbons (Fsp3) is 0.774. The van der Waals surface area contributed by atoms with Gasteiger partial charge in [0.1, 0.15) is 42.7 Å². The second kappa shape index (κ2) is 11.9. The third kappa shape index (κ3) is 6.79. The Hall–Kier alpha value is -1.71. The summed E-state index contributed by atoms with van der Waals surface area (Å²) in [7, 11) is 0. The number of ether oxygens (including phenoxy) is 10. The lowest BCUT2D eigenvalue weighted by atomic mass is 9.92. The Bertz CT molecular complexity index is 1130. The first-order valence-electron chi connectivity index (χ1n) is 15.3. The summed E-state index contributed by atoms with van der Waals surface area (Å²) in [6.45, 7) is 13.8. The van der Waals surface area contributed by atoms with E-state index in [2.05, 4.69) is 5.32 Å². The lowest BCUT2D eigenvalue weighted by molar-refractivity contribution is -0.241. The highest BCUT2D eigenvalue weighted by molar-refractivity contribution is 5.70. The molecule has 0 unspecified atom stereocenters. The van der Waals surface area contributed by atoms with E-state index in [0.717, 1.165) is 5.56 Å². The van der Waals surface area contributed by atoms with E-state index in [-0.39, 0.29) is 19.0 Å². The van der Waals surface area contributed by atoms with Crippen LogP contribution in [0, 0.1) is 0 Å². The Morgan fingerprint density at radius 2 is 1.42 bits per heavy atom. The normalized spacial score (nSPS) is 39.2. The van der Waals surface area contributed by atoms with Gasteiger partial charge in [0.25, 0.3) is 0 Å². The Kier molecular flexibility index (Phi) is 8.66. The quantitative estimate of drug-likeness (QED) is 0.394. The van der Waals surface area contributed by atoms with Crippen LogP contribution in [-0.2, 0) is 58.8 Å². The van der Waals surface area contributed by atoms with Gasteiger partial charge in [0.2, 0.25) is 0 Å². The number of hydrogen-bond donors (Lipinski definition) is 1. The van der Waals surface area contributed by atoms with Gasteiger partial charge in [-0.3, -0.25) is 4.79 Å². The molecule has 1 N–H and O–H groups in total. The summed E-state index contributed by atoms with van der Waals surface area (Å²) in [5, 5.41) is 3.53. The largest absolute Gasteiger partial charge is 0.466 e. The zero-order chi connectivity index (χ0) is 30.6. The van der Waals surface area contributed by atoms with Crippen LogP contribution >= 0.6 is 0 Å². The van der Waals surface area contributed by atoms with Crippen molar-refractivity contribution in [2.75, 3.05) is 13.2 Å². The standard InChI is InChI=1S/C31H45NO11/c1-8-34-20(33)14-18(21-23-24(39-29(2,3)38-23)26-28(37-21)43-31(6,7)41-26)32-15-19-22(35-16-17-12-10-9-11-13-17)25-27(36-19)42-30(4,5)40-25/h9-13,18-19,21-28,32H,8,14-16H2,1-7H3/t18-,19+,21+,22-,23-,24-,25+,26+,27+,28+/m0/s1. The maximum absolute atomic E-state index is 12.9. The number of benzene rings is 1. The highest BCUT2D eigenvalue weighted by Crippen LogP contribution is 2.45. The molecule has 5 fully saturated rings. The van der Waals surface area contributed by atoms with Gasteiger partial charge in [0.15, 0.2) is 29.9 Å². The Balaban J connectivity index is 1.21. The van der Waals surface area contributed by atoms with Gasteiger partial charge in [-0.05, 0) is 54.0 Å². The smallest absolute Gasteiger partial charge is 0.307 e. The summed E-state index contributed by atoms with van der Waals surface area (Å²) in [5.74, 6) is -2.89. The van der Waals surface area contributed by atoms with E-state index < -0.39 is 78.7 Å². The molecule has 5 saturated heterocycles. The predicted octanol–water partition coefficient (Wildman–Crippen LogP) is 2.76. The van der Waals surface area contributed by atoms with E-state index in [1.807, 2.05) is 71.9 Å². The van der Waals surface area contributed by atoms with Gasteiger partial charge in [-0.1, -0.05) is 30.3 Å². The maximum Gasteiger partial charge on any atom is 0.307 e. The average molecular weight is 608 g/mol. The van der Waals surface area contributed by atoms with Gasteiger partial charge in [-0.25, -0.2) is 0 Å². The van der Waals surface area contributed by atoms with Gasteiger partial charge < -0.3 is 52.7 Å². The molecule has 1 aromatic carbocycles. The Morgan fingerprint density at radius 1 is 0.814 bits per heavy atom. The Morgan fingerprint density at radius 3 is 2.12 bits per heavy atom. The van der Waals surface area contributed by atoms with Crippen LogP contribution < -0.4 is 5.32 Å². The van der Waals surface area contributed by atoms with E-state index in [1.54, 1.807) is 6.92 Å². The van der Waals surface area contributed by atoms with E-state index in [9.17, 15) is 4.79 Å². The Labute approximate surface area is 252 Å². The molecule has 12 heteroatoms. The van der Waals surface area contributed by atoms with Crippen molar-refractivity contribution in [2.45, 2.75) is 140 Å². The lowest BCUT2D eigenvalue weighted by Gasteiger charge is -2.41. The SMILES string of the molecule is CCOC(=O)C[C@H](NC[C@H]1O[C@@H]2OC(C)(C)O[C@@H]2[C@H]1OCc1ccccc1)[C@H]1O[C@@H]2OC(C)(C)O[C@@H]2[C@H]2OC(C)(C)O[C@H]21. The number of esters is 1. The number of rotatable bonds is 10. The molecule has 0 aromatic heterocycles. The van der Waals surface area contributed by atoms with Crippen LogP contribution in [0.5, 0.6) is 0 Å². The number of carbonyl (C=O) groups excluding carboxylic acids is 1. The van der Waals surface area contributed by atoms with Crippen LogP contribution in [0.15, 0.2) is 30.3 Å². The van der Waals surface area contributed by atoms with Crippen LogP contribution in [0.2, 0.25) is 0 Å². The minimum Gasteiger partial charge on any atom is -0.466 e. The van der Waals surface area contributed by atoms with Crippen molar-refractivity contribution in [3.05, 3.63) is 35.9 Å². The van der Waals surface area contributed by atoms with E-state index in [0.29, 0.717) is 13.2 Å². The van der Waals surface area contributed by atoms with Crippen molar-refractivity contribution in [2.24, 2.45) is 0 Å². The predicted molar refractivity (Wildman–Crippen MR) is 149 cm³/mol. The molecule has 1 aromatic rings. The minimum atomic E-state index is -0.875. The van der Waals surface area contributed by atoms with Crippen LogP contribution in [0.1, 0.15) is 60.5 Å². The topological polar surface area (TPSA) is 121 Å². The molecule has 12 nitrogen and oxygen atoms in total. The van der Waals surface area contributed by atoms with Gasteiger partial charge in [-0.2, -0.15) is 0 Å². The van der Waals surface area contributed by atoms with Crippen LogP contribution in [0.25, 0.3) is 0 Å². The molecule has 5 aliphatic rings. The summed E-state index contributed by atoms with van der Waals surface area (Å²) in [4.78, 5) is 12.9. The van der Waals surface area contributed by atoms with E-state index in [4.69, 9.17) is 47.4 Å². The second-order valence-electron chi connectivity index (χ2n) is 13.1. The fourth-order valence-electron chi connectivity index (χ4n) is 6.62. The molecule has 0 saturated carbocycles. The summed E-state index contributed by atoms with van der Waals surface area (Å²) in [5.41, 5.74) is 1.04. The highest BCUT2D eigenvalue weighted by atomic mass is 16.9. The number of fused-ring (bicyclic) bond motifs is 4. The molecule has 5 heterocycles. The first kappa shape index (κ1) is 31.3. The monoisotopic (exact) mass is 607 g/mol. The summed E-state index contributed by atoms with van der Waals surface area (Å²) >= 11 is 0. The third-order valence-corrected chi connectivity index (χ3v) is 8.23. The van der Waals surface area contributed by atoms with Crippen molar-refractivity contribution in [3.8, 4) is 0 Å². The number of carbonyl (C=O) groups is 1. The molecule has 240 valence electrons. The third-order valence-electron chi connectivity index (χ3n) is 8.23. The van der Waals surface area contributed by atoms with Crippen LogP contribution in [0.4, 0.5) is 0 Å². The highest BCUT2D eigenvalue weighted by Gasteiger charge is 2.62. The molecule has 0 aliphatic carbocycles. The molecule has 0 bridgehead atoms. The zero-order valence-electron chi connectivity index (χ0n) is 26.0. The summed E-state index contributed by atoms with van der Waals surface area (Å²) < 4.78 is 61.7. The zero-order valence-corrected chi connectivity index (χ0v) is 26.0. The van der Waals surface area contributed by atoms with Crippen LogP contribution in [0.3, 0.4) is 0 Å². The molecule has 0 radical (unpaired) electrons. The molecular weight excluding hydrogens is 562 g/mol. The van der Waals surface area contributed by atoms with E-state index >= 15 is 0 Å². The summed E-state index contributed by atoms with van der Waals surface area (Å²) in [6.07, 6.45) is -4.61. The molecular formula is C31H45NO11. The fourth-order valence-corrected chi connectivity index (χ4v) is 6.62. The maximum atomic E-state index is 12.9. The summed E-state index contributed by atoms with van der Waals surface area (Å²) in [6, 6.07) is 9.41. The van der Waals surface area contributed by atoms with Crippen molar-refractivity contribution < 1.29 is 52.2 Å². The second-order valence-corrected chi connectivity index (χ2v) is 13.1. The minimum absolute atomic E-state index is 0.0301. The number of hydrogen-bond acceptors (Lipinski definition) is 12. The molecule has 0 amide bonds. The first-order valence-corrected chi connectivity index (χ1v) is 15.3. The molecule has 6 rings (SSSR count). The van der Waals surface area contributed by atoms with Crippen molar-refractivity contribution in [1.82, 2.24) is 5.32 Å². The molecule has 10 atom stereocenters. The van der Waals surface area contributed by atoms with Crippen molar-refractivity contribution >= 4 is 5.97 Å².